The van der Waals surface area contributed by atoms with E-state index >= 15 is 0 Å². The molecule has 136 valence electrons. The van der Waals surface area contributed by atoms with E-state index in [4.69, 9.17) is 9.15 Å². The largest absolute Gasteiger partial charge is 0.448 e. The molecule has 0 aliphatic rings. The molecular weight excluding hydrogens is 382 g/mol. The van der Waals surface area contributed by atoms with Crippen LogP contribution < -0.4 is 0 Å². The van der Waals surface area contributed by atoms with E-state index in [-0.39, 0.29) is 5.89 Å². The van der Waals surface area contributed by atoms with Gasteiger partial charge in [-0.15, -0.1) is 32.9 Å². The lowest BCUT2D eigenvalue weighted by molar-refractivity contribution is 0.0284. The highest BCUT2D eigenvalue weighted by Crippen LogP contribution is 2.30. The molecular formula is C19H15N3O3S2. The van der Waals surface area contributed by atoms with Crippen LogP contribution in [0.5, 0.6) is 0 Å². The summed E-state index contributed by atoms with van der Waals surface area (Å²) in [5, 5.41) is 10.7. The fraction of sp³-hybridized carbons (Fsp3) is 0.158. The SMILES string of the molecule is Cc1nc(-c2ccccc2)sc1C(=O)O[C@@H](C)c1nnc(-c2cccs2)o1. The summed E-state index contributed by atoms with van der Waals surface area (Å²) in [6.07, 6.45) is -0.652. The van der Waals surface area contributed by atoms with E-state index in [1.165, 1.54) is 22.7 Å². The second-order valence-electron chi connectivity index (χ2n) is 5.77. The lowest BCUT2D eigenvalue weighted by atomic mass is 10.2. The van der Waals surface area contributed by atoms with E-state index in [1.807, 2.05) is 47.8 Å². The van der Waals surface area contributed by atoms with Crippen LogP contribution in [-0.4, -0.2) is 21.2 Å². The van der Waals surface area contributed by atoms with Gasteiger partial charge < -0.3 is 9.15 Å². The first-order chi connectivity index (χ1) is 13.1. The third-order valence-electron chi connectivity index (χ3n) is 3.81. The molecule has 3 aromatic heterocycles. The summed E-state index contributed by atoms with van der Waals surface area (Å²) >= 11 is 2.81. The minimum absolute atomic E-state index is 0.261. The van der Waals surface area contributed by atoms with Crippen molar-refractivity contribution in [2.24, 2.45) is 0 Å². The molecule has 0 unspecified atom stereocenters. The van der Waals surface area contributed by atoms with Gasteiger partial charge in [-0.05, 0) is 25.3 Å². The van der Waals surface area contributed by atoms with Gasteiger partial charge in [0.2, 0.25) is 0 Å². The van der Waals surface area contributed by atoms with E-state index < -0.39 is 12.1 Å². The highest BCUT2D eigenvalue weighted by atomic mass is 32.1. The lowest BCUT2D eigenvalue weighted by Crippen LogP contribution is -2.09. The van der Waals surface area contributed by atoms with Gasteiger partial charge in [0, 0.05) is 5.56 Å². The van der Waals surface area contributed by atoms with Gasteiger partial charge in [-0.3, -0.25) is 0 Å². The summed E-state index contributed by atoms with van der Waals surface area (Å²) in [6, 6.07) is 13.5. The van der Waals surface area contributed by atoms with Gasteiger partial charge in [0.1, 0.15) is 9.88 Å². The van der Waals surface area contributed by atoms with Crippen LogP contribution in [0.2, 0.25) is 0 Å². The standard InChI is InChI=1S/C19H15N3O3S2/c1-11-15(27-18(20-11)13-7-4-3-5-8-13)19(23)24-12(2)16-21-22-17(25-16)14-9-6-10-26-14/h3-10,12H,1-2H3/t12-/m0/s1. The van der Waals surface area contributed by atoms with Crippen LogP contribution in [0.3, 0.4) is 0 Å². The van der Waals surface area contributed by atoms with Gasteiger partial charge in [-0.2, -0.15) is 0 Å². The summed E-state index contributed by atoms with van der Waals surface area (Å²) in [5.74, 6) is 0.232. The van der Waals surface area contributed by atoms with Gasteiger partial charge in [-0.1, -0.05) is 36.4 Å². The highest BCUT2D eigenvalue weighted by Gasteiger charge is 2.23. The van der Waals surface area contributed by atoms with Crippen molar-refractivity contribution in [2.45, 2.75) is 20.0 Å². The smallest absolute Gasteiger partial charge is 0.351 e. The van der Waals surface area contributed by atoms with E-state index in [2.05, 4.69) is 15.2 Å². The zero-order valence-corrected chi connectivity index (χ0v) is 16.2. The maximum Gasteiger partial charge on any atom is 0.351 e. The van der Waals surface area contributed by atoms with Crippen LogP contribution in [0.4, 0.5) is 0 Å². The molecule has 4 rings (SSSR count). The molecule has 8 heteroatoms. The number of benzene rings is 1. The Morgan fingerprint density at radius 1 is 1.15 bits per heavy atom. The molecule has 0 aliphatic heterocycles. The number of aryl methyl sites for hydroxylation is 1. The molecule has 1 atom stereocenters. The molecule has 0 fully saturated rings. The molecule has 6 nitrogen and oxygen atoms in total. The Balaban J connectivity index is 1.50. The first-order valence-corrected chi connectivity index (χ1v) is 9.92. The summed E-state index contributed by atoms with van der Waals surface area (Å²) in [4.78, 5) is 18.4. The van der Waals surface area contributed by atoms with Crippen molar-refractivity contribution in [3.63, 3.8) is 0 Å². The van der Waals surface area contributed by atoms with Crippen LogP contribution in [-0.2, 0) is 4.74 Å². The number of thiazole rings is 1. The number of rotatable bonds is 5. The fourth-order valence-electron chi connectivity index (χ4n) is 2.45. The van der Waals surface area contributed by atoms with Crippen molar-refractivity contribution in [3.05, 3.63) is 64.3 Å². The molecule has 0 N–H and O–H groups in total. The number of esters is 1. The molecule has 0 bridgehead atoms. The lowest BCUT2D eigenvalue weighted by Gasteiger charge is -2.08. The van der Waals surface area contributed by atoms with Crippen molar-refractivity contribution in [3.8, 4) is 21.3 Å². The number of aromatic nitrogens is 3. The topological polar surface area (TPSA) is 78.1 Å². The van der Waals surface area contributed by atoms with Gasteiger partial charge in [0.25, 0.3) is 11.8 Å². The van der Waals surface area contributed by atoms with Crippen molar-refractivity contribution in [2.75, 3.05) is 0 Å². The normalized spacial score (nSPS) is 12.1. The van der Waals surface area contributed by atoms with Crippen molar-refractivity contribution >= 4 is 28.6 Å². The maximum atomic E-state index is 12.6. The van der Waals surface area contributed by atoms with Gasteiger partial charge in [0.15, 0.2) is 6.10 Å². The summed E-state index contributed by atoms with van der Waals surface area (Å²) in [7, 11) is 0. The third kappa shape index (κ3) is 3.67. The van der Waals surface area contributed by atoms with Gasteiger partial charge >= 0.3 is 5.97 Å². The summed E-state index contributed by atoms with van der Waals surface area (Å²) in [6.45, 7) is 3.50. The van der Waals surface area contributed by atoms with Crippen LogP contribution >= 0.6 is 22.7 Å². The molecule has 27 heavy (non-hydrogen) atoms. The second kappa shape index (κ2) is 7.42. The van der Waals surface area contributed by atoms with Crippen molar-refractivity contribution < 1.29 is 13.9 Å². The van der Waals surface area contributed by atoms with E-state index in [1.54, 1.807) is 13.8 Å². The Morgan fingerprint density at radius 2 is 1.96 bits per heavy atom. The molecule has 0 saturated heterocycles. The first-order valence-electron chi connectivity index (χ1n) is 8.23. The molecule has 1 aromatic carbocycles. The number of carbonyl (C=O) groups is 1. The molecule has 0 amide bonds. The Bertz CT molecular complexity index is 1060. The Labute approximate surface area is 163 Å². The average molecular weight is 397 g/mol. The van der Waals surface area contributed by atoms with E-state index in [9.17, 15) is 4.79 Å². The fourth-order valence-corrected chi connectivity index (χ4v) is 4.05. The quantitative estimate of drug-likeness (QED) is 0.434. The number of nitrogens with zero attached hydrogens (tertiary/aromatic N) is 3. The predicted molar refractivity (Wildman–Crippen MR) is 104 cm³/mol. The second-order valence-corrected chi connectivity index (χ2v) is 7.72. The first kappa shape index (κ1) is 17.6. The summed E-state index contributed by atoms with van der Waals surface area (Å²) < 4.78 is 11.2. The zero-order valence-electron chi connectivity index (χ0n) is 14.6. The number of thiophene rings is 1. The summed E-state index contributed by atoms with van der Waals surface area (Å²) in [5.41, 5.74) is 1.61. The molecule has 0 spiro atoms. The van der Waals surface area contributed by atoms with Crippen molar-refractivity contribution in [1.29, 1.82) is 0 Å². The minimum Gasteiger partial charge on any atom is -0.448 e. The molecule has 0 saturated carbocycles. The third-order valence-corrected chi connectivity index (χ3v) is 5.85. The Kier molecular flexibility index (Phi) is 4.83. The zero-order chi connectivity index (χ0) is 18.8. The molecule has 0 aliphatic carbocycles. The number of carbonyl (C=O) groups excluding carboxylic acids is 1. The van der Waals surface area contributed by atoms with Crippen LogP contribution in [0, 0.1) is 6.92 Å². The maximum absolute atomic E-state index is 12.6. The predicted octanol–water partition coefficient (Wildman–Crippen LogP) is 5.15. The molecule has 0 radical (unpaired) electrons. The molecule has 4 aromatic rings. The average Bonchev–Trinajstić information content (AvgIpc) is 3.42. The van der Waals surface area contributed by atoms with E-state index in [0.717, 1.165) is 15.4 Å². The highest BCUT2D eigenvalue weighted by molar-refractivity contribution is 7.17. The Hall–Kier alpha value is -2.84. The number of ether oxygens (including phenoxy) is 1. The number of hydrogen-bond donors (Lipinski definition) is 0. The van der Waals surface area contributed by atoms with Crippen LogP contribution in [0.15, 0.2) is 52.3 Å². The van der Waals surface area contributed by atoms with Gasteiger partial charge in [0.05, 0.1) is 10.6 Å². The van der Waals surface area contributed by atoms with Gasteiger partial charge in [-0.25, -0.2) is 9.78 Å². The molecule has 3 heterocycles. The monoisotopic (exact) mass is 397 g/mol. The van der Waals surface area contributed by atoms with Crippen molar-refractivity contribution in [1.82, 2.24) is 15.2 Å². The number of hydrogen-bond acceptors (Lipinski definition) is 8. The van der Waals surface area contributed by atoms with Crippen LogP contribution in [0.1, 0.15) is 34.3 Å². The van der Waals surface area contributed by atoms with E-state index in [0.29, 0.717) is 16.5 Å². The minimum atomic E-state index is -0.652. The Morgan fingerprint density at radius 3 is 2.70 bits per heavy atom. The van der Waals surface area contributed by atoms with Crippen LogP contribution in [0.25, 0.3) is 21.3 Å².